The van der Waals surface area contributed by atoms with Gasteiger partial charge in [0.25, 0.3) is 0 Å². The number of hydrogen-bond donors (Lipinski definition) is 1. The first kappa shape index (κ1) is 11.6. The summed E-state index contributed by atoms with van der Waals surface area (Å²) >= 11 is 0. The lowest BCUT2D eigenvalue weighted by Crippen LogP contribution is -2.00. The summed E-state index contributed by atoms with van der Waals surface area (Å²) in [5, 5.41) is 0.495. The molecule has 4 heteroatoms. The number of nitrogens with one attached hydrogen (secondary N) is 1. The first-order valence-electron chi connectivity index (χ1n) is 5.72. The Morgan fingerprint density at radius 1 is 1.00 bits per heavy atom. The third kappa shape index (κ3) is 2.01. The molecule has 0 amide bonds. The van der Waals surface area contributed by atoms with Crippen LogP contribution in [0.1, 0.15) is 15.9 Å². The lowest BCUT2D eigenvalue weighted by Gasteiger charge is -2.00. The van der Waals surface area contributed by atoms with E-state index in [-0.39, 0.29) is 11.3 Å². The fourth-order valence-electron chi connectivity index (χ4n) is 2.07. The number of carbonyl (C=O) groups excluding carboxylic acids is 1. The van der Waals surface area contributed by atoms with Gasteiger partial charge in [-0.05, 0) is 30.3 Å². The van der Waals surface area contributed by atoms with Crippen LogP contribution >= 0.6 is 0 Å². The van der Waals surface area contributed by atoms with Gasteiger partial charge >= 0.3 is 0 Å². The molecule has 19 heavy (non-hydrogen) atoms. The molecule has 0 radical (unpaired) electrons. The minimum absolute atomic E-state index is 0.241. The molecular weight excluding hydrogens is 248 g/mol. The fourth-order valence-corrected chi connectivity index (χ4v) is 2.07. The number of hydrogen-bond acceptors (Lipinski definition) is 1. The van der Waals surface area contributed by atoms with Gasteiger partial charge in [0.1, 0.15) is 11.6 Å². The van der Waals surface area contributed by atoms with E-state index in [4.69, 9.17) is 0 Å². The Kier molecular flexibility index (Phi) is 2.63. The van der Waals surface area contributed by atoms with Crippen molar-refractivity contribution in [3.05, 3.63) is 71.4 Å². The Hall–Kier alpha value is -2.49. The highest BCUT2D eigenvalue weighted by Gasteiger charge is 2.15. The Labute approximate surface area is 107 Å². The van der Waals surface area contributed by atoms with Gasteiger partial charge in [-0.25, -0.2) is 8.78 Å². The van der Waals surface area contributed by atoms with Crippen LogP contribution in [0.5, 0.6) is 0 Å². The molecule has 0 unspecified atom stereocenters. The summed E-state index contributed by atoms with van der Waals surface area (Å²) in [5.41, 5.74) is 1.24. The van der Waals surface area contributed by atoms with Crippen molar-refractivity contribution < 1.29 is 13.6 Å². The van der Waals surface area contributed by atoms with Crippen molar-refractivity contribution in [1.29, 1.82) is 0 Å². The molecule has 1 N–H and O–H groups in total. The van der Waals surface area contributed by atoms with Crippen LogP contribution in [0, 0.1) is 11.6 Å². The first-order valence-corrected chi connectivity index (χ1v) is 5.72. The van der Waals surface area contributed by atoms with Gasteiger partial charge in [-0.2, -0.15) is 0 Å². The largest absolute Gasteiger partial charge is 0.360 e. The van der Waals surface area contributed by atoms with Gasteiger partial charge in [0.05, 0.1) is 0 Å². The first-order chi connectivity index (χ1) is 9.15. The van der Waals surface area contributed by atoms with Gasteiger partial charge < -0.3 is 4.98 Å². The lowest BCUT2D eigenvalue weighted by atomic mass is 10.0. The van der Waals surface area contributed by atoms with Crippen LogP contribution in [0.15, 0.2) is 48.7 Å². The molecule has 0 saturated heterocycles. The molecule has 94 valence electrons. The second-order valence-electron chi connectivity index (χ2n) is 4.23. The molecule has 2 nitrogen and oxygen atoms in total. The van der Waals surface area contributed by atoms with Gasteiger partial charge in [0, 0.05) is 28.2 Å². The summed E-state index contributed by atoms with van der Waals surface area (Å²) in [5.74, 6) is -1.23. The molecule has 3 rings (SSSR count). The highest BCUT2D eigenvalue weighted by atomic mass is 19.1. The number of rotatable bonds is 2. The quantitative estimate of drug-likeness (QED) is 0.698. The van der Waals surface area contributed by atoms with E-state index >= 15 is 0 Å². The molecular formula is C15H9F2NO. The third-order valence-corrected chi connectivity index (χ3v) is 2.98. The average molecular weight is 257 g/mol. The molecule has 0 aliphatic rings. The van der Waals surface area contributed by atoms with E-state index < -0.39 is 11.6 Å². The number of aromatic amines is 1. The lowest BCUT2D eigenvalue weighted by molar-refractivity contribution is 0.104. The maximum absolute atomic E-state index is 13.2. The highest BCUT2D eigenvalue weighted by Crippen LogP contribution is 2.22. The van der Waals surface area contributed by atoms with Crippen LogP contribution in [0.4, 0.5) is 8.78 Å². The van der Waals surface area contributed by atoms with Gasteiger partial charge in [0.15, 0.2) is 5.78 Å². The standard InChI is InChI=1S/C15H9F2NO/c16-10-3-1-2-9(6-10)15(19)13-8-18-14-5-4-11(17)7-12(13)14/h1-8,18H. The van der Waals surface area contributed by atoms with Crippen LogP contribution in [0.25, 0.3) is 10.9 Å². The van der Waals surface area contributed by atoms with E-state index in [1.165, 1.54) is 42.6 Å². The number of halogens is 2. The average Bonchev–Trinajstić information content (AvgIpc) is 2.80. The zero-order chi connectivity index (χ0) is 13.4. The third-order valence-electron chi connectivity index (χ3n) is 2.98. The summed E-state index contributed by atoms with van der Waals surface area (Å²) in [6, 6.07) is 9.61. The molecule has 2 aromatic carbocycles. The van der Waals surface area contributed by atoms with Crippen LogP contribution < -0.4 is 0 Å². The summed E-state index contributed by atoms with van der Waals surface area (Å²) in [6.45, 7) is 0. The normalized spacial score (nSPS) is 10.8. The minimum Gasteiger partial charge on any atom is -0.360 e. The minimum atomic E-state index is -0.475. The van der Waals surface area contributed by atoms with E-state index in [2.05, 4.69) is 4.98 Å². The summed E-state index contributed by atoms with van der Waals surface area (Å²) in [4.78, 5) is 15.2. The van der Waals surface area contributed by atoms with E-state index in [1.807, 2.05) is 0 Å². The molecule has 0 aliphatic carbocycles. The zero-order valence-corrected chi connectivity index (χ0v) is 9.78. The van der Waals surface area contributed by atoms with Crippen molar-refractivity contribution in [3.8, 4) is 0 Å². The van der Waals surface area contributed by atoms with Crippen LogP contribution in [0.2, 0.25) is 0 Å². The molecule has 0 aliphatic heterocycles. The SMILES string of the molecule is O=C(c1cccc(F)c1)c1c[nH]c2ccc(F)cc12. The molecule has 0 spiro atoms. The van der Waals surface area contributed by atoms with E-state index in [0.29, 0.717) is 16.5 Å². The summed E-state index contributed by atoms with van der Waals surface area (Å²) in [6.07, 6.45) is 1.51. The van der Waals surface area contributed by atoms with Crippen molar-refractivity contribution in [2.24, 2.45) is 0 Å². The monoisotopic (exact) mass is 257 g/mol. The van der Waals surface area contributed by atoms with Crippen molar-refractivity contribution in [3.63, 3.8) is 0 Å². The Morgan fingerprint density at radius 2 is 1.79 bits per heavy atom. The number of H-pyrrole nitrogens is 1. The maximum Gasteiger partial charge on any atom is 0.195 e. The van der Waals surface area contributed by atoms with Gasteiger partial charge in [-0.3, -0.25) is 4.79 Å². The Bertz CT molecular complexity index is 777. The maximum atomic E-state index is 13.2. The fraction of sp³-hybridized carbons (Fsp3) is 0. The van der Waals surface area contributed by atoms with Crippen molar-refractivity contribution in [2.75, 3.05) is 0 Å². The second-order valence-corrected chi connectivity index (χ2v) is 4.23. The molecule has 1 heterocycles. The molecule has 1 aromatic heterocycles. The number of ketones is 1. The predicted molar refractivity (Wildman–Crippen MR) is 68.1 cm³/mol. The molecule has 0 fully saturated rings. The second kappa shape index (κ2) is 4.31. The topological polar surface area (TPSA) is 32.9 Å². The highest BCUT2D eigenvalue weighted by molar-refractivity contribution is 6.16. The van der Waals surface area contributed by atoms with Crippen LogP contribution in [-0.4, -0.2) is 10.8 Å². The van der Waals surface area contributed by atoms with E-state index in [1.54, 1.807) is 6.07 Å². The molecule has 0 bridgehead atoms. The Balaban J connectivity index is 2.14. The van der Waals surface area contributed by atoms with Gasteiger partial charge in [0.2, 0.25) is 0 Å². The Morgan fingerprint density at radius 3 is 2.58 bits per heavy atom. The summed E-state index contributed by atoms with van der Waals surface area (Å²) in [7, 11) is 0. The van der Waals surface area contributed by atoms with E-state index in [9.17, 15) is 13.6 Å². The van der Waals surface area contributed by atoms with Gasteiger partial charge in [-0.1, -0.05) is 12.1 Å². The molecule has 3 aromatic rings. The van der Waals surface area contributed by atoms with Crippen molar-refractivity contribution in [2.45, 2.75) is 0 Å². The van der Waals surface area contributed by atoms with E-state index in [0.717, 1.165) is 0 Å². The van der Waals surface area contributed by atoms with Crippen molar-refractivity contribution >= 4 is 16.7 Å². The predicted octanol–water partition coefficient (Wildman–Crippen LogP) is 3.68. The molecule has 0 saturated carbocycles. The number of fused-ring (bicyclic) bond motifs is 1. The summed E-state index contributed by atoms with van der Waals surface area (Å²) < 4.78 is 26.4. The number of aromatic nitrogens is 1. The van der Waals surface area contributed by atoms with Gasteiger partial charge in [-0.15, -0.1) is 0 Å². The molecule has 0 atom stereocenters. The number of carbonyl (C=O) groups is 1. The number of benzene rings is 2. The smallest absolute Gasteiger partial charge is 0.195 e. The zero-order valence-electron chi connectivity index (χ0n) is 9.78. The van der Waals surface area contributed by atoms with Crippen molar-refractivity contribution in [1.82, 2.24) is 4.98 Å². The van der Waals surface area contributed by atoms with Crippen LogP contribution in [0.3, 0.4) is 0 Å². The van der Waals surface area contributed by atoms with Crippen LogP contribution in [-0.2, 0) is 0 Å².